The van der Waals surface area contributed by atoms with E-state index in [0.29, 0.717) is 5.39 Å². The number of rotatable bonds is 3. The highest BCUT2D eigenvalue weighted by atomic mass is 19.3. The van der Waals surface area contributed by atoms with E-state index in [-0.39, 0.29) is 12.2 Å². The van der Waals surface area contributed by atoms with Crippen LogP contribution in [-0.4, -0.2) is 17.6 Å². The molecule has 0 unspecified atom stereocenters. The largest absolute Gasteiger partial charge is 0.461 e. The summed E-state index contributed by atoms with van der Waals surface area (Å²) in [6, 6.07) is 5.60. The summed E-state index contributed by atoms with van der Waals surface area (Å²) in [6.07, 6.45) is 3.08. The second kappa shape index (κ2) is 4.68. The van der Waals surface area contributed by atoms with Crippen molar-refractivity contribution in [2.24, 2.45) is 0 Å². The summed E-state index contributed by atoms with van der Waals surface area (Å²) in [5, 5.41) is 1.34. The number of hydrogen-bond donors (Lipinski definition) is 0. The van der Waals surface area contributed by atoms with E-state index in [4.69, 9.17) is 0 Å². The number of fused-ring (bicyclic) bond motifs is 1. The smallest absolute Gasteiger partial charge is 0.381 e. The monoisotopic (exact) mass is 251 g/mol. The quantitative estimate of drug-likeness (QED) is 0.787. The molecule has 3 nitrogen and oxygen atoms in total. The van der Waals surface area contributed by atoms with Gasteiger partial charge in [-0.25, -0.2) is 4.79 Å². The number of alkyl halides is 2. The Kier molecular flexibility index (Phi) is 3.23. The number of aromatic nitrogens is 1. The van der Waals surface area contributed by atoms with Gasteiger partial charge in [0.25, 0.3) is 0 Å². The van der Waals surface area contributed by atoms with Gasteiger partial charge in [0, 0.05) is 23.3 Å². The number of pyridine rings is 1. The second-order valence-corrected chi connectivity index (χ2v) is 3.73. The fourth-order valence-corrected chi connectivity index (χ4v) is 1.62. The first-order valence-corrected chi connectivity index (χ1v) is 5.45. The number of carbonyl (C=O) groups is 1. The van der Waals surface area contributed by atoms with Crippen molar-refractivity contribution in [1.82, 2.24) is 4.98 Å². The first-order valence-electron chi connectivity index (χ1n) is 5.45. The van der Waals surface area contributed by atoms with Crippen LogP contribution in [0.2, 0.25) is 0 Å². The van der Waals surface area contributed by atoms with Crippen molar-refractivity contribution in [3.05, 3.63) is 42.2 Å². The van der Waals surface area contributed by atoms with Gasteiger partial charge in [0.15, 0.2) is 0 Å². The number of esters is 1. The van der Waals surface area contributed by atoms with E-state index in [9.17, 15) is 13.6 Å². The molecule has 0 spiro atoms. The fraction of sp³-hybridized carbons (Fsp3) is 0.231. The van der Waals surface area contributed by atoms with E-state index in [1.54, 1.807) is 12.3 Å². The van der Waals surface area contributed by atoms with Crippen molar-refractivity contribution < 1.29 is 18.3 Å². The third-order valence-corrected chi connectivity index (χ3v) is 2.53. The summed E-state index contributed by atoms with van der Waals surface area (Å²) in [7, 11) is 0. The number of ether oxygens (including phenoxy) is 1. The third kappa shape index (κ3) is 2.16. The highest BCUT2D eigenvalue weighted by Gasteiger charge is 2.42. The number of carbonyl (C=O) groups excluding carboxylic acids is 1. The molecule has 0 saturated carbocycles. The van der Waals surface area contributed by atoms with Crippen LogP contribution >= 0.6 is 0 Å². The summed E-state index contributed by atoms with van der Waals surface area (Å²) in [4.78, 5) is 15.1. The lowest BCUT2D eigenvalue weighted by Crippen LogP contribution is -2.28. The zero-order valence-electron chi connectivity index (χ0n) is 9.69. The van der Waals surface area contributed by atoms with Crippen LogP contribution in [0.1, 0.15) is 12.5 Å². The Labute approximate surface area is 102 Å². The van der Waals surface area contributed by atoms with Gasteiger partial charge >= 0.3 is 11.9 Å². The van der Waals surface area contributed by atoms with Gasteiger partial charge in [-0.3, -0.25) is 4.98 Å². The van der Waals surface area contributed by atoms with Crippen molar-refractivity contribution in [1.29, 1.82) is 0 Å². The number of halogens is 2. The van der Waals surface area contributed by atoms with Crippen molar-refractivity contribution in [3.63, 3.8) is 0 Å². The molecule has 0 saturated heterocycles. The van der Waals surface area contributed by atoms with Gasteiger partial charge in [-0.1, -0.05) is 12.1 Å². The molecule has 2 aromatic rings. The van der Waals surface area contributed by atoms with Crippen molar-refractivity contribution >= 4 is 16.7 Å². The van der Waals surface area contributed by atoms with E-state index in [1.807, 2.05) is 0 Å². The zero-order valence-corrected chi connectivity index (χ0v) is 9.69. The highest BCUT2D eigenvalue weighted by Crippen LogP contribution is 2.31. The van der Waals surface area contributed by atoms with Crippen molar-refractivity contribution in [2.75, 3.05) is 6.61 Å². The Morgan fingerprint density at radius 1 is 1.33 bits per heavy atom. The van der Waals surface area contributed by atoms with Crippen LogP contribution in [0.3, 0.4) is 0 Å². The molecule has 94 valence electrons. The lowest BCUT2D eigenvalue weighted by molar-refractivity contribution is -0.173. The first-order chi connectivity index (χ1) is 8.55. The average molecular weight is 251 g/mol. The predicted octanol–water partition coefficient (Wildman–Crippen LogP) is 2.89. The normalized spacial score (nSPS) is 11.5. The van der Waals surface area contributed by atoms with Gasteiger partial charge in [0.2, 0.25) is 0 Å². The standard InChI is InChI=1S/C13H11F2NO2/c1-2-18-12(17)13(14,15)11-4-3-10-8-16-6-5-9(10)7-11/h3-8H,2H2,1H3. The Morgan fingerprint density at radius 2 is 2.11 bits per heavy atom. The van der Waals surface area contributed by atoms with Gasteiger partial charge in [-0.15, -0.1) is 0 Å². The van der Waals surface area contributed by atoms with Crippen LogP contribution in [0.4, 0.5) is 8.78 Å². The molecule has 2 rings (SSSR count). The maximum Gasteiger partial charge on any atom is 0.381 e. The zero-order chi connectivity index (χ0) is 13.2. The van der Waals surface area contributed by atoms with Gasteiger partial charge in [0.05, 0.1) is 6.61 Å². The summed E-state index contributed by atoms with van der Waals surface area (Å²) >= 11 is 0. The maximum absolute atomic E-state index is 13.8. The summed E-state index contributed by atoms with van der Waals surface area (Å²) < 4.78 is 31.9. The van der Waals surface area contributed by atoms with Gasteiger partial charge in [0.1, 0.15) is 0 Å². The molecule has 1 aromatic heterocycles. The minimum absolute atomic E-state index is 0.0775. The summed E-state index contributed by atoms with van der Waals surface area (Å²) in [5.41, 5.74) is -0.375. The van der Waals surface area contributed by atoms with Crippen LogP contribution in [0.15, 0.2) is 36.7 Å². The molecule has 1 aromatic carbocycles. The van der Waals surface area contributed by atoms with Crippen LogP contribution in [0.5, 0.6) is 0 Å². The highest BCUT2D eigenvalue weighted by molar-refractivity contribution is 5.85. The topological polar surface area (TPSA) is 39.2 Å². The molecule has 0 N–H and O–H groups in total. The molecule has 0 amide bonds. The Morgan fingerprint density at radius 3 is 2.83 bits per heavy atom. The van der Waals surface area contributed by atoms with Gasteiger partial charge in [-0.2, -0.15) is 8.78 Å². The van der Waals surface area contributed by atoms with Gasteiger partial charge in [-0.05, 0) is 24.4 Å². The molecule has 0 aliphatic heterocycles. The number of benzene rings is 1. The molecule has 18 heavy (non-hydrogen) atoms. The molecule has 0 aliphatic rings. The van der Waals surface area contributed by atoms with Gasteiger partial charge < -0.3 is 4.74 Å². The molecule has 5 heteroatoms. The van der Waals surface area contributed by atoms with E-state index in [0.717, 1.165) is 5.39 Å². The van der Waals surface area contributed by atoms with Crippen molar-refractivity contribution in [3.8, 4) is 0 Å². The number of hydrogen-bond acceptors (Lipinski definition) is 3. The fourth-order valence-electron chi connectivity index (χ4n) is 1.62. The summed E-state index contributed by atoms with van der Waals surface area (Å²) in [5.74, 6) is -5.16. The van der Waals surface area contributed by atoms with Crippen molar-refractivity contribution in [2.45, 2.75) is 12.8 Å². The minimum atomic E-state index is -3.63. The lowest BCUT2D eigenvalue weighted by Gasteiger charge is -2.15. The molecular weight excluding hydrogens is 240 g/mol. The molecule has 0 atom stereocenters. The van der Waals surface area contributed by atoms with Crippen LogP contribution in [0.25, 0.3) is 10.8 Å². The Balaban J connectivity index is 2.44. The van der Waals surface area contributed by atoms with E-state index < -0.39 is 11.9 Å². The SMILES string of the molecule is CCOC(=O)C(F)(F)c1ccc2cnccc2c1. The average Bonchev–Trinajstić information content (AvgIpc) is 2.38. The van der Waals surface area contributed by atoms with E-state index >= 15 is 0 Å². The van der Waals surface area contributed by atoms with Crippen LogP contribution < -0.4 is 0 Å². The summed E-state index contributed by atoms with van der Waals surface area (Å²) in [6.45, 7) is 1.41. The molecule has 0 radical (unpaired) electrons. The molecule has 0 bridgehead atoms. The molecular formula is C13H11F2NO2. The predicted molar refractivity (Wildman–Crippen MR) is 62.3 cm³/mol. The number of nitrogens with zero attached hydrogens (tertiary/aromatic N) is 1. The maximum atomic E-state index is 13.8. The van der Waals surface area contributed by atoms with Crippen LogP contribution in [0, 0.1) is 0 Å². The third-order valence-electron chi connectivity index (χ3n) is 2.53. The Bertz CT molecular complexity index is 584. The van der Waals surface area contributed by atoms with E-state index in [1.165, 1.54) is 31.3 Å². The lowest BCUT2D eigenvalue weighted by atomic mass is 10.0. The second-order valence-electron chi connectivity index (χ2n) is 3.73. The molecule has 0 fully saturated rings. The first kappa shape index (κ1) is 12.4. The Hall–Kier alpha value is -2.04. The van der Waals surface area contributed by atoms with E-state index in [2.05, 4.69) is 9.72 Å². The molecule has 1 heterocycles. The minimum Gasteiger partial charge on any atom is -0.461 e. The molecule has 0 aliphatic carbocycles. The van der Waals surface area contributed by atoms with Crippen LogP contribution in [-0.2, 0) is 15.5 Å².